The third-order valence-corrected chi connectivity index (χ3v) is 4.59. The molecule has 2 atom stereocenters. The number of primary amides is 1. The van der Waals surface area contributed by atoms with Gasteiger partial charge in [-0.15, -0.1) is 0 Å². The zero-order valence-electron chi connectivity index (χ0n) is 12.9. The number of rotatable bonds is 6. The summed E-state index contributed by atoms with van der Waals surface area (Å²) in [6.07, 6.45) is 1.79. The topological polar surface area (TPSA) is 62.9 Å². The summed E-state index contributed by atoms with van der Waals surface area (Å²) in [6, 6.07) is 10.9. The molecule has 1 amide bonds. The van der Waals surface area contributed by atoms with E-state index in [1.54, 1.807) is 0 Å². The normalized spacial score (nSPS) is 20.1. The van der Waals surface area contributed by atoms with Gasteiger partial charge in [-0.2, -0.15) is 7.05 Å². The minimum atomic E-state index is -0.143. The van der Waals surface area contributed by atoms with Gasteiger partial charge in [0.15, 0.2) is 0 Å². The molecule has 4 heteroatoms. The molecule has 1 heterocycles. The summed E-state index contributed by atoms with van der Waals surface area (Å²) in [5, 5.41) is 2.05. The summed E-state index contributed by atoms with van der Waals surface area (Å²) in [5.41, 5.74) is 6.71. The van der Waals surface area contributed by atoms with Crippen LogP contribution < -0.4 is 11.1 Å². The first-order valence-electron chi connectivity index (χ1n) is 7.81. The number of benzene rings is 1. The van der Waals surface area contributed by atoms with Crippen LogP contribution in [0.5, 0.6) is 0 Å². The summed E-state index contributed by atoms with van der Waals surface area (Å²) in [6.45, 7) is 5.25. The van der Waals surface area contributed by atoms with Crippen molar-refractivity contribution >= 4 is 5.91 Å². The lowest BCUT2D eigenvalue weighted by Gasteiger charge is -2.34. The van der Waals surface area contributed by atoms with Crippen molar-refractivity contribution in [2.75, 3.05) is 19.6 Å². The maximum atomic E-state index is 11.2. The zero-order chi connectivity index (χ0) is 15.2. The minimum Gasteiger partial charge on any atom is -0.472 e. The van der Waals surface area contributed by atoms with E-state index in [0.717, 1.165) is 32.5 Å². The van der Waals surface area contributed by atoms with E-state index in [-0.39, 0.29) is 11.8 Å². The van der Waals surface area contributed by atoms with Crippen LogP contribution in [0.2, 0.25) is 0 Å². The molecule has 1 aromatic rings. The second kappa shape index (κ2) is 7.57. The maximum Gasteiger partial charge on any atom is 0.220 e. The van der Waals surface area contributed by atoms with Gasteiger partial charge >= 0.3 is 0 Å². The Kier molecular flexibility index (Phi) is 5.76. The van der Waals surface area contributed by atoms with Crippen LogP contribution in [-0.2, 0) is 4.79 Å². The Morgan fingerprint density at radius 2 is 2.00 bits per heavy atom. The fraction of sp³-hybridized carbons (Fsp3) is 0.529. The monoisotopic (exact) mass is 289 g/mol. The molecule has 0 radical (unpaired) electrons. The molecule has 0 aromatic heterocycles. The summed E-state index contributed by atoms with van der Waals surface area (Å²) in [4.78, 5) is 13.7. The van der Waals surface area contributed by atoms with Crippen LogP contribution in [0.25, 0.3) is 0 Å². The number of amides is 1. The van der Waals surface area contributed by atoms with Crippen molar-refractivity contribution in [1.82, 2.24) is 4.90 Å². The Morgan fingerprint density at radius 1 is 1.38 bits per heavy atom. The van der Waals surface area contributed by atoms with E-state index in [2.05, 4.69) is 48.5 Å². The second-order valence-corrected chi connectivity index (χ2v) is 6.13. The number of piperidine rings is 1. The maximum absolute atomic E-state index is 11.2. The quantitative estimate of drug-likeness (QED) is 0.765. The van der Waals surface area contributed by atoms with E-state index in [0.29, 0.717) is 12.0 Å². The average molecular weight is 289 g/mol. The molecule has 21 heavy (non-hydrogen) atoms. The van der Waals surface area contributed by atoms with Crippen LogP contribution in [0.1, 0.15) is 31.4 Å². The molecule has 4 nitrogen and oxygen atoms in total. The molecule has 1 aromatic carbocycles. The molecule has 0 unspecified atom stereocenters. The molecular formula is C17H27N3O. The molecule has 1 saturated heterocycles. The van der Waals surface area contributed by atoms with Gasteiger partial charge < -0.3 is 16.0 Å². The summed E-state index contributed by atoms with van der Waals surface area (Å²) in [7, 11) is 4.01. The third kappa shape index (κ3) is 4.29. The minimum absolute atomic E-state index is 0.0703. The lowest BCUT2D eigenvalue weighted by Crippen LogP contribution is -2.80. The van der Waals surface area contributed by atoms with Crippen LogP contribution in [0.3, 0.4) is 0 Å². The van der Waals surface area contributed by atoms with Crippen molar-refractivity contribution in [2.45, 2.75) is 25.8 Å². The predicted molar refractivity (Wildman–Crippen MR) is 84.0 cm³/mol. The van der Waals surface area contributed by atoms with Gasteiger partial charge in [-0.3, -0.25) is 4.79 Å². The molecule has 1 aliphatic heterocycles. The van der Waals surface area contributed by atoms with Crippen molar-refractivity contribution in [1.29, 1.82) is 0 Å². The van der Waals surface area contributed by atoms with Crippen molar-refractivity contribution in [3.63, 3.8) is 0 Å². The van der Waals surface area contributed by atoms with Crippen molar-refractivity contribution in [3.8, 4) is 0 Å². The van der Waals surface area contributed by atoms with Gasteiger partial charge in [0.1, 0.15) is 0 Å². The van der Waals surface area contributed by atoms with Crippen LogP contribution in [0.4, 0.5) is 0 Å². The third-order valence-electron chi connectivity index (χ3n) is 4.59. The first-order valence-corrected chi connectivity index (χ1v) is 7.81. The molecule has 1 fully saturated rings. The fourth-order valence-corrected chi connectivity index (χ4v) is 3.29. The van der Waals surface area contributed by atoms with Crippen LogP contribution in [0.15, 0.2) is 30.3 Å². The Bertz CT molecular complexity index is 441. The molecule has 1 aliphatic rings. The second-order valence-electron chi connectivity index (χ2n) is 6.13. The van der Waals surface area contributed by atoms with Gasteiger partial charge in [0, 0.05) is 23.9 Å². The van der Waals surface area contributed by atoms with Crippen molar-refractivity contribution in [2.24, 2.45) is 17.6 Å². The summed E-state index contributed by atoms with van der Waals surface area (Å²) >= 11 is 0. The van der Waals surface area contributed by atoms with E-state index in [9.17, 15) is 4.79 Å². The molecule has 0 aliphatic carbocycles. The van der Waals surface area contributed by atoms with Gasteiger partial charge in [0.2, 0.25) is 5.91 Å². The highest BCUT2D eigenvalue weighted by Gasteiger charge is 2.26. The van der Waals surface area contributed by atoms with Gasteiger partial charge in [-0.25, -0.2) is 0 Å². The highest BCUT2D eigenvalue weighted by atomic mass is 16.1. The number of nitrogens with two attached hydrogens (primary N) is 2. The van der Waals surface area contributed by atoms with E-state index in [1.165, 1.54) is 5.56 Å². The fourth-order valence-electron chi connectivity index (χ4n) is 3.29. The van der Waals surface area contributed by atoms with E-state index in [1.807, 2.05) is 6.07 Å². The Morgan fingerprint density at radius 3 is 2.52 bits per heavy atom. The number of carbonyl (C=O) groups is 1. The number of likely N-dealkylation sites (tertiary alicyclic amines) is 1. The Labute approximate surface area is 127 Å². The van der Waals surface area contributed by atoms with E-state index >= 15 is 0 Å². The van der Waals surface area contributed by atoms with E-state index < -0.39 is 0 Å². The number of hydrogen-bond acceptors (Lipinski definition) is 2. The average Bonchev–Trinajstić information content (AvgIpc) is 2.49. The molecule has 0 bridgehead atoms. The summed E-state index contributed by atoms with van der Waals surface area (Å²) in [5.74, 6) is 0.437. The largest absolute Gasteiger partial charge is 0.472 e. The highest BCUT2D eigenvalue weighted by Crippen LogP contribution is 2.22. The lowest BCUT2D eigenvalue weighted by atomic mass is 9.91. The van der Waals surface area contributed by atoms with Crippen LogP contribution in [-0.4, -0.2) is 30.4 Å². The van der Waals surface area contributed by atoms with Crippen molar-refractivity contribution in [3.05, 3.63) is 42.9 Å². The Balaban J connectivity index is 1.89. The highest BCUT2D eigenvalue weighted by molar-refractivity contribution is 5.76. The zero-order valence-corrected chi connectivity index (χ0v) is 12.9. The van der Waals surface area contributed by atoms with Crippen LogP contribution >= 0.6 is 0 Å². The molecule has 4 N–H and O–H groups in total. The molecule has 2 rings (SSSR count). The number of quaternary nitrogens is 1. The number of nitrogens with zero attached hydrogens (tertiary/aromatic N) is 1. The SMILES string of the molecule is [CH2-][NH2+][C@@H](c1ccccc1)[C@@H](C)CN1CCC(C(N)=O)CC1. The standard InChI is InChI=1S/C17H27N3O/c1-13(16(19-2)14-6-4-3-5-7-14)12-20-10-8-15(9-11-20)17(18)21/h3-7,13,15-16H,2,8-12,19H2,1H3,(H2,18,21)/t13-,16+/m0/s1. The molecule has 116 valence electrons. The predicted octanol–water partition coefficient (Wildman–Crippen LogP) is 0.916. The van der Waals surface area contributed by atoms with Gasteiger partial charge in [0.25, 0.3) is 0 Å². The summed E-state index contributed by atoms with van der Waals surface area (Å²) < 4.78 is 0. The van der Waals surface area contributed by atoms with Gasteiger partial charge in [0.05, 0.1) is 6.04 Å². The number of hydrogen-bond donors (Lipinski definition) is 2. The number of carbonyl (C=O) groups excluding carboxylic acids is 1. The smallest absolute Gasteiger partial charge is 0.220 e. The van der Waals surface area contributed by atoms with Gasteiger partial charge in [-0.05, 0) is 25.9 Å². The molecule has 0 saturated carbocycles. The van der Waals surface area contributed by atoms with Crippen molar-refractivity contribution < 1.29 is 10.1 Å². The molecular weight excluding hydrogens is 262 g/mol. The van der Waals surface area contributed by atoms with E-state index in [4.69, 9.17) is 5.73 Å². The molecule has 0 spiro atoms. The van der Waals surface area contributed by atoms with Gasteiger partial charge in [-0.1, -0.05) is 37.3 Å². The lowest BCUT2D eigenvalue weighted by molar-refractivity contribution is -0.648. The first kappa shape index (κ1) is 16.0. The van der Waals surface area contributed by atoms with Crippen LogP contribution in [0, 0.1) is 18.9 Å². The first-order chi connectivity index (χ1) is 10.1. The Hall–Kier alpha value is -1.39.